The third kappa shape index (κ3) is 45.3. The number of amidine groups is 2. The molecule has 0 aliphatic carbocycles. The molecule has 0 radical (unpaired) electrons. The molecule has 0 saturated heterocycles. The second-order valence-corrected chi connectivity index (χ2v) is 8.32. The molecule has 8 nitrogen and oxygen atoms in total. The summed E-state index contributed by atoms with van der Waals surface area (Å²) < 4.78 is 14.1. The second-order valence-electron chi connectivity index (χ2n) is 4.81. The minimum Gasteiger partial charge on any atom is -0.379 e. The maximum absolute atomic E-state index is 9.98. The van der Waals surface area contributed by atoms with Crippen molar-refractivity contribution in [2.75, 3.05) is 18.1 Å². The number of phosphoric ester groups is 1. The van der Waals surface area contributed by atoms with Crippen LogP contribution in [0.5, 0.6) is 0 Å². The Morgan fingerprint density at radius 2 is 1.28 bits per heavy atom. The van der Waals surface area contributed by atoms with Crippen molar-refractivity contribution in [3.63, 3.8) is 0 Å². The molecule has 0 rings (SSSR count). The zero-order chi connectivity index (χ0) is 20.1. The lowest BCUT2D eigenvalue weighted by Crippen LogP contribution is -2.04. The summed E-state index contributed by atoms with van der Waals surface area (Å²) in [5.74, 6) is 1.98. The molecule has 0 saturated carbocycles. The van der Waals surface area contributed by atoms with Crippen LogP contribution >= 0.6 is 31.3 Å². The summed E-state index contributed by atoms with van der Waals surface area (Å²) in [5, 5.41) is 14.1. The molecule has 0 aromatic rings. The van der Waals surface area contributed by atoms with E-state index in [1.165, 1.54) is 36.4 Å². The first-order chi connectivity index (χ1) is 11.6. The zero-order valence-corrected chi connectivity index (χ0v) is 18.0. The lowest BCUT2D eigenvalue weighted by molar-refractivity contribution is 0.194. The summed E-state index contributed by atoms with van der Waals surface area (Å²) in [4.78, 5) is 16.3. The van der Waals surface area contributed by atoms with Gasteiger partial charge in [0.05, 0.1) is 6.61 Å². The molecule has 0 fully saturated rings. The average Bonchev–Trinajstić information content (AvgIpc) is 2.47. The fraction of sp³-hybridized carbons (Fsp3) is 0.857. The molecule has 0 bridgehead atoms. The third-order valence-electron chi connectivity index (χ3n) is 2.27. The smallest absolute Gasteiger partial charge is 0.379 e. The minimum absolute atomic E-state index is 0.140. The standard InChI is InChI=1S/2C5H12N2S.C4H11O4P/c2*1-2-3-4-8-5(6)7;1-2-3-4-8-9(5,6)7/h2*2-4H2,1H3,(H3,6,7);2-4H2,1H3,(H2,5,6,7). The highest BCUT2D eigenvalue weighted by Gasteiger charge is 2.11. The van der Waals surface area contributed by atoms with Crippen molar-refractivity contribution in [2.24, 2.45) is 11.5 Å². The zero-order valence-electron chi connectivity index (χ0n) is 15.5. The summed E-state index contributed by atoms with van der Waals surface area (Å²) in [7, 11) is -4.20. The van der Waals surface area contributed by atoms with Crippen molar-refractivity contribution in [3.8, 4) is 0 Å². The van der Waals surface area contributed by atoms with E-state index in [-0.39, 0.29) is 16.9 Å². The maximum atomic E-state index is 9.98. The number of thioether (sulfide) groups is 2. The van der Waals surface area contributed by atoms with Crippen LogP contribution in [0.2, 0.25) is 0 Å². The Balaban J connectivity index is -0.000000291. The van der Waals surface area contributed by atoms with Gasteiger partial charge in [-0.05, 0) is 19.3 Å². The van der Waals surface area contributed by atoms with Gasteiger partial charge < -0.3 is 21.3 Å². The van der Waals surface area contributed by atoms with Gasteiger partial charge in [0.15, 0.2) is 10.3 Å². The van der Waals surface area contributed by atoms with Crippen molar-refractivity contribution < 1.29 is 18.9 Å². The summed E-state index contributed by atoms with van der Waals surface area (Å²) in [6.45, 7) is 6.31. The molecule has 25 heavy (non-hydrogen) atoms. The highest BCUT2D eigenvalue weighted by atomic mass is 32.2. The molecule has 0 aromatic heterocycles. The van der Waals surface area contributed by atoms with E-state index in [2.05, 4.69) is 18.4 Å². The van der Waals surface area contributed by atoms with Gasteiger partial charge >= 0.3 is 7.82 Å². The molecule has 0 aromatic carbocycles. The lowest BCUT2D eigenvalue weighted by atomic mass is 10.4. The molecule has 0 aliphatic heterocycles. The van der Waals surface area contributed by atoms with Crippen molar-refractivity contribution in [1.82, 2.24) is 0 Å². The van der Waals surface area contributed by atoms with E-state index in [0.29, 0.717) is 6.42 Å². The molecule has 0 aliphatic rings. The van der Waals surface area contributed by atoms with E-state index in [0.717, 1.165) is 30.8 Å². The van der Waals surface area contributed by atoms with Crippen LogP contribution in [0.1, 0.15) is 59.3 Å². The molecule has 152 valence electrons. The predicted octanol–water partition coefficient (Wildman–Crippen LogP) is 3.72. The van der Waals surface area contributed by atoms with Gasteiger partial charge in [0.1, 0.15) is 0 Å². The van der Waals surface area contributed by atoms with Gasteiger partial charge in [-0.1, -0.05) is 63.6 Å². The Hall–Kier alpha value is -0.250. The molecule has 0 unspecified atom stereocenters. The highest BCUT2D eigenvalue weighted by molar-refractivity contribution is 8.13. The summed E-state index contributed by atoms with van der Waals surface area (Å²) in [6.07, 6.45) is 6.24. The Labute approximate surface area is 160 Å². The lowest BCUT2D eigenvalue weighted by Gasteiger charge is -2.02. The van der Waals surface area contributed by atoms with Crippen LogP contribution in [0.25, 0.3) is 0 Å². The number of hydrogen-bond acceptors (Lipinski definition) is 6. The quantitative estimate of drug-likeness (QED) is 0.135. The van der Waals surface area contributed by atoms with E-state index in [9.17, 15) is 4.57 Å². The van der Waals surface area contributed by atoms with Crippen molar-refractivity contribution in [3.05, 3.63) is 0 Å². The van der Waals surface area contributed by atoms with Crippen molar-refractivity contribution in [2.45, 2.75) is 59.3 Å². The van der Waals surface area contributed by atoms with E-state index < -0.39 is 7.82 Å². The topological polar surface area (TPSA) is 167 Å². The third-order valence-corrected chi connectivity index (χ3v) is 4.39. The van der Waals surface area contributed by atoms with Gasteiger partial charge in [0.2, 0.25) is 0 Å². The van der Waals surface area contributed by atoms with Gasteiger partial charge in [-0.3, -0.25) is 15.3 Å². The van der Waals surface area contributed by atoms with Crippen LogP contribution in [0.4, 0.5) is 0 Å². The Morgan fingerprint density at radius 3 is 1.52 bits per heavy atom. The Kier molecular flexibility index (Phi) is 25.7. The van der Waals surface area contributed by atoms with E-state index in [4.69, 9.17) is 32.1 Å². The normalized spacial score (nSPS) is 10.1. The van der Waals surface area contributed by atoms with Gasteiger partial charge in [-0.25, -0.2) is 4.57 Å². The summed E-state index contributed by atoms with van der Waals surface area (Å²) >= 11 is 2.83. The van der Waals surface area contributed by atoms with E-state index >= 15 is 0 Å². The predicted molar refractivity (Wildman–Crippen MR) is 111 cm³/mol. The van der Waals surface area contributed by atoms with Crippen LogP contribution in [-0.4, -0.2) is 38.2 Å². The van der Waals surface area contributed by atoms with Crippen molar-refractivity contribution >= 4 is 41.7 Å². The molecule has 0 heterocycles. The Morgan fingerprint density at radius 1 is 0.920 bits per heavy atom. The average molecular weight is 419 g/mol. The number of hydrogen-bond donors (Lipinski definition) is 6. The van der Waals surface area contributed by atoms with Crippen LogP contribution in [-0.2, 0) is 9.09 Å². The molecule has 11 heteroatoms. The minimum atomic E-state index is -4.20. The SMILES string of the molecule is CCCCOP(=O)(O)O.CCCCSC(=N)N.CCCCSC(=N)N. The first-order valence-electron chi connectivity index (χ1n) is 8.24. The first-order valence-corrected chi connectivity index (χ1v) is 11.7. The fourth-order valence-corrected chi connectivity index (χ4v) is 2.65. The van der Waals surface area contributed by atoms with Gasteiger partial charge in [-0.15, -0.1) is 0 Å². The molecule has 8 N–H and O–H groups in total. The first kappa shape index (κ1) is 29.5. The second kappa shape index (κ2) is 21.8. The molecule has 0 atom stereocenters. The molecular formula is C14H35N4O4PS2. The largest absolute Gasteiger partial charge is 0.469 e. The highest BCUT2D eigenvalue weighted by Crippen LogP contribution is 2.35. The molecule has 0 spiro atoms. The van der Waals surface area contributed by atoms with Crippen LogP contribution in [0.15, 0.2) is 0 Å². The van der Waals surface area contributed by atoms with Gasteiger partial charge in [0, 0.05) is 11.5 Å². The summed E-state index contributed by atoms with van der Waals surface area (Å²) in [6, 6.07) is 0. The van der Waals surface area contributed by atoms with Crippen LogP contribution in [0.3, 0.4) is 0 Å². The number of phosphoric acid groups is 1. The summed E-state index contributed by atoms with van der Waals surface area (Å²) in [5.41, 5.74) is 10.2. The molecule has 0 amide bonds. The Bertz CT molecular complexity index is 351. The van der Waals surface area contributed by atoms with Gasteiger partial charge in [-0.2, -0.15) is 0 Å². The fourth-order valence-electron chi connectivity index (χ4n) is 0.981. The van der Waals surface area contributed by atoms with Crippen LogP contribution < -0.4 is 11.5 Å². The number of nitrogens with one attached hydrogen (secondary N) is 2. The van der Waals surface area contributed by atoms with E-state index in [1.54, 1.807) is 0 Å². The maximum Gasteiger partial charge on any atom is 0.469 e. The molecular weight excluding hydrogens is 383 g/mol. The number of unbranched alkanes of at least 4 members (excludes halogenated alkanes) is 3. The number of nitrogens with two attached hydrogens (primary N) is 2. The monoisotopic (exact) mass is 418 g/mol. The van der Waals surface area contributed by atoms with Crippen molar-refractivity contribution in [1.29, 1.82) is 10.8 Å². The van der Waals surface area contributed by atoms with Crippen LogP contribution in [0, 0.1) is 10.8 Å². The van der Waals surface area contributed by atoms with Gasteiger partial charge in [0.25, 0.3) is 0 Å². The number of rotatable bonds is 10. The van der Waals surface area contributed by atoms with E-state index in [1.807, 2.05) is 6.92 Å².